The molecule has 3 aromatic carbocycles. The van der Waals surface area contributed by atoms with Crippen LogP contribution in [0.2, 0.25) is 5.02 Å². The minimum absolute atomic E-state index is 0.240. The number of benzene rings is 3. The number of halogens is 1. The highest BCUT2D eigenvalue weighted by atomic mass is 35.5. The molecule has 7 heteroatoms. The molecule has 29 heavy (non-hydrogen) atoms. The van der Waals surface area contributed by atoms with Gasteiger partial charge in [-0.3, -0.25) is 5.43 Å². The standard InChI is InChI=1S/C22H22ClN5O/c23-18-9-11-19(12-10-18)27-20(13-17-3-1-2-4-21(17)29)22(26-28(27)25)16-7-5-15(14-24)6-8-16/h1-12,26,29H,13-14,24-25H2. The van der Waals surface area contributed by atoms with Crippen LogP contribution in [0.15, 0.2) is 78.5 Å². The maximum absolute atomic E-state index is 10.3. The molecule has 0 aliphatic carbocycles. The molecule has 148 valence electrons. The number of phenolic OH excluding ortho intramolecular Hbond substituents is 1. The molecule has 1 heterocycles. The Morgan fingerprint density at radius 3 is 2.28 bits per heavy atom. The van der Waals surface area contributed by atoms with E-state index in [-0.39, 0.29) is 5.75 Å². The largest absolute Gasteiger partial charge is 0.508 e. The zero-order chi connectivity index (χ0) is 20.4. The highest BCUT2D eigenvalue weighted by Crippen LogP contribution is 2.34. The SMILES string of the molecule is NCc1ccc(C2=C(Cc3ccccc3O)N(c3ccc(Cl)cc3)N(N)N2)cc1. The summed E-state index contributed by atoms with van der Waals surface area (Å²) in [6, 6.07) is 22.7. The second-order valence-corrected chi connectivity index (χ2v) is 7.21. The van der Waals surface area contributed by atoms with Crippen LogP contribution < -0.4 is 22.0 Å². The minimum atomic E-state index is 0.240. The Bertz CT molecular complexity index is 1030. The molecule has 0 unspecified atom stereocenters. The van der Waals surface area contributed by atoms with Gasteiger partial charge in [0, 0.05) is 23.6 Å². The van der Waals surface area contributed by atoms with Gasteiger partial charge in [0.25, 0.3) is 0 Å². The molecule has 0 bridgehead atoms. The third kappa shape index (κ3) is 3.92. The first kappa shape index (κ1) is 19.3. The number of hydrazine groups is 3. The van der Waals surface area contributed by atoms with Crippen molar-refractivity contribution in [2.45, 2.75) is 13.0 Å². The molecule has 4 rings (SSSR count). The third-order valence-corrected chi connectivity index (χ3v) is 5.14. The topological polar surface area (TPSA) is 90.8 Å². The fourth-order valence-electron chi connectivity index (χ4n) is 3.37. The van der Waals surface area contributed by atoms with Crippen LogP contribution in [0.25, 0.3) is 5.70 Å². The number of para-hydroxylation sites is 1. The minimum Gasteiger partial charge on any atom is -0.508 e. The van der Waals surface area contributed by atoms with E-state index in [1.165, 1.54) is 5.23 Å². The summed E-state index contributed by atoms with van der Waals surface area (Å²) in [5.74, 6) is 6.55. The summed E-state index contributed by atoms with van der Waals surface area (Å²) in [5.41, 5.74) is 14.4. The van der Waals surface area contributed by atoms with E-state index in [2.05, 4.69) is 5.43 Å². The summed E-state index contributed by atoms with van der Waals surface area (Å²) in [6.45, 7) is 0.484. The quantitative estimate of drug-likeness (QED) is 0.484. The van der Waals surface area contributed by atoms with Gasteiger partial charge >= 0.3 is 0 Å². The Labute approximate surface area is 174 Å². The van der Waals surface area contributed by atoms with E-state index >= 15 is 0 Å². The lowest BCUT2D eigenvalue weighted by atomic mass is 10.0. The first-order valence-corrected chi connectivity index (χ1v) is 9.61. The molecule has 0 atom stereocenters. The van der Waals surface area contributed by atoms with E-state index in [1.54, 1.807) is 12.1 Å². The molecule has 1 aliphatic heterocycles. The molecule has 0 saturated heterocycles. The Morgan fingerprint density at radius 1 is 0.931 bits per heavy atom. The van der Waals surface area contributed by atoms with Crippen molar-refractivity contribution in [3.8, 4) is 5.75 Å². The van der Waals surface area contributed by atoms with Gasteiger partial charge in [0.2, 0.25) is 0 Å². The van der Waals surface area contributed by atoms with Gasteiger partial charge in [-0.2, -0.15) is 0 Å². The van der Waals surface area contributed by atoms with E-state index < -0.39 is 0 Å². The number of aromatic hydroxyl groups is 1. The predicted octanol–water partition coefficient (Wildman–Crippen LogP) is 3.53. The molecule has 6 N–H and O–H groups in total. The summed E-state index contributed by atoms with van der Waals surface area (Å²) in [5, 5.41) is 14.3. The predicted molar refractivity (Wildman–Crippen MR) is 116 cm³/mol. The van der Waals surface area contributed by atoms with E-state index in [9.17, 15) is 5.11 Å². The normalized spacial score (nSPS) is 14.4. The molecule has 3 aromatic rings. The average Bonchev–Trinajstić information content (AvgIpc) is 3.06. The third-order valence-electron chi connectivity index (χ3n) is 4.89. The number of anilines is 1. The maximum Gasteiger partial charge on any atom is 0.119 e. The second-order valence-electron chi connectivity index (χ2n) is 6.77. The van der Waals surface area contributed by atoms with Gasteiger partial charge in [0.15, 0.2) is 0 Å². The lowest BCUT2D eigenvalue weighted by Crippen LogP contribution is -2.49. The van der Waals surface area contributed by atoms with Crippen LogP contribution >= 0.6 is 11.6 Å². The summed E-state index contributed by atoms with van der Waals surface area (Å²) in [6.07, 6.45) is 0.476. The van der Waals surface area contributed by atoms with Crippen molar-refractivity contribution in [2.24, 2.45) is 11.6 Å². The molecular weight excluding hydrogens is 386 g/mol. The molecule has 0 saturated carbocycles. The first-order valence-electron chi connectivity index (χ1n) is 9.23. The summed E-state index contributed by atoms with van der Waals surface area (Å²) >= 11 is 6.06. The summed E-state index contributed by atoms with van der Waals surface area (Å²) in [4.78, 5) is 0. The van der Waals surface area contributed by atoms with Crippen molar-refractivity contribution in [2.75, 3.05) is 5.01 Å². The van der Waals surface area contributed by atoms with Gasteiger partial charge in [0.1, 0.15) is 5.75 Å². The maximum atomic E-state index is 10.3. The highest BCUT2D eigenvalue weighted by molar-refractivity contribution is 6.30. The van der Waals surface area contributed by atoms with Crippen molar-refractivity contribution < 1.29 is 5.11 Å². The number of nitrogens with zero attached hydrogens (tertiary/aromatic N) is 2. The van der Waals surface area contributed by atoms with Crippen LogP contribution in [0.3, 0.4) is 0 Å². The van der Waals surface area contributed by atoms with E-state index in [4.69, 9.17) is 23.2 Å². The van der Waals surface area contributed by atoms with Crippen molar-refractivity contribution in [1.29, 1.82) is 0 Å². The van der Waals surface area contributed by atoms with Gasteiger partial charge in [-0.25, -0.2) is 10.9 Å². The number of phenols is 1. The zero-order valence-corrected chi connectivity index (χ0v) is 16.5. The van der Waals surface area contributed by atoms with Crippen LogP contribution in [-0.4, -0.2) is 10.3 Å². The first-order chi connectivity index (χ1) is 14.1. The van der Waals surface area contributed by atoms with Crippen LogP contribution in [0.1, 0.15) is 16.7 Å². The van der Waals surface area contributed by atoms with E-state index in [0.717, 1.165) is 33.8 Å². The molecule has 0 radical (unpaired) electrons. The zero-order valence-electron chi connectivity index (χ0n) is 15.7. The highest BCUT2D eigenvalue weighted by Gasteiger charge is 2.30. The van der Waals surface area contributed by atoms with Crippen molar-refractivity contribution in [3.05, 3.63) is 100 Å². The van der Waals surface area contributed by atoms with E-state index in [1.807, 2.05) is 65.7 Å². The number of rotatable bonds is 5. The summed E-state index contributed by atoms with van der Waals surface area (Å²) < 4.78 is 0. The number of hydrogen-bond acceptors (Lipinski definition) is 6. The average molecular weight is 408 g/mol. The molecule has 0 aromatic heterocycles. The van der Waals surface area contributed by atoms with Gasteiger partial charge < -0.3 is 10.8 Å². The lowest BCUT2D eigenvalue weighted by molar-refractivity contribution is 0.249. The Hall–Kier alpha value is -3.03. The van der Waals surface area contributed by atoms with Crippen LogP contribution in [0.5, 0.6) is 5.75 Å². The van der Waals surface area contributed by atoms with Gasteiger partial charge in [-0.05, 0) is 41.5 Å². The Kier molecular flexibility index (Phi) is 5.42. The van der Waals surface area contributed by atoms with Crippen molar-refractivity contribution in [3.63, 3.8) is 0 Å². The van der Waals surface area contributed by atoms with Gasteiger partial charge in [-0.1, -0.05) is 59.3 Å². The fourth-order valence-corrected chi connectivity index (χ4v) is 3.50. The molecular formula is C22H22ClN5O. The second kappa shape index (κ2) is 8.14. The van der Waals surface area contributed by atoms with Crippen molar-refractivity contribution in [1.82, 2.24) is 10.7 Å². The van der Waals surface area contributed by atoms with Gasteiger partial charge in [0.05, 0.1) is 17.1 Å². The van der Waals surface area contributed by atoms with Crippen LogP contribution in [0.4, 0.5) is 5.69 Å². The Morgan fingerprint density at radius 2 is 1.62 bits per heavy atom. The van der Waals surface area contributed by atoms with Crippen LogP contribution in [-0.2, 0) is 13.0 Å². The number of nitrogens with two attached hydrogens (primary N) is 2. The monoisotopic (exact) mass is 407 g/mol. The van der Waals surface area contributed by atoms with Crippen molar-refractivity contribution >= 4 is 23.0 Å². The number of hydrogen-bond donors (Lipinski definition) is 4. The summed E-state index contributed by atoms with van der Waals surface area (Å²) in [7, 11) is 0. The Balaban J connectivity index is 1.82. The molecule has 0 fully saturated rings. The molecule has 0 spiro atoms. The lowest BCUT2D eigenvalue weighted by Gasteiger charge is -2.27. The number of allylic oxidation sites excluding steroid dienone is 1. The number of nitrogens with one attached hydrogen (secondary N) is 1. The molecule has 1 aliphatic rings. The fraction of sp³-hybridized carbons (Fsp3) is 0.0909. The van der Waals surface area contributed by atoms with E-state index in [0.29, 0.717) is 18.0 Å². The molecule has 6 nitrogen and oxygen atoms in total. The smallest absolute Gasteiger partial charge is 0.119 e. The van der Waals surface area contributed by atoms with Gasteiger partial charge in [-0.15, -0.1) is 0 Å². The molecule has 0 amide bonds. The van der Waals surface area contributed by atoms with Crippen LogP contribution in [0, 0.1) is 0 Å².